The van der Waals surface area contributed by atoms with Gasteiger partial charge >= 0.3 is 0 Å². The van der Waals surface area contributed by atoms with Crippen molar-refractivity contribution in [1.29, 1.82) is 0 Å². The van der Waals surface area contributed by atoms with Gasteiger partial charge in [0.25, 0.3) is 0 Å². The molecule has 0 spiro atoms. The van der Waals surface area contributed by atoms with Crippen molar-refractivity contribution >= 4 is 20.8 Å². The molecular formula is C6H15NO3S2. The maximum absolute atomic E-state index is 11.1. The average molecular weight is 213 g/mol. The Morgan fingerprint density at radius 3 is 2.08 bits per heavy atom. The van der Waals surface area contributed by atoms with E-state index in [4.69, 9.17) is 5.14 Å². The third-order valence-electron chi connectivity index (χ3n) is 1.91. The van der Waals surface area contributed by atoms with Crippen molar-refractivity contribution in [2.75, 3.05) is 12.0 Å². The molecule has 74 valence electrons. The summed E-state index contributed by atoms with van der Waals surface area (Å²) < 4.78 is 31.9. The Kier molecular flexibility index (Phi) is 3.87. The molecule has 0 aromatic rings. The zero-order chi connectivity index (χ0) is 9.99. The van der Waals surface area contributed by atoms with Crippen LogP contribution in [0.1, 0.15) is 20.3 Å². The molecule has 1 atom stereocenters. The number of hydrogen-bond acceptors (Lipinski definition) is 3. The highest BCUT2D eigenvalue weighted by Gasteiger charge is 2.29. The van der Waals surface area contributed by atoms with Crippen LogP contribution in [0.15, 0.2) is 0 Å². The minimum absolute atomic E-state index is 0.222. The molecular weight excluding hydrogens is 198 g/mol. The lowest BCUT2D eigenvalue weighted by Crippen LogP contribution is -2.33. The number of rotatable bonds is 4. The summed E-state index contributed by atoms with van der Waals surface area (Å²) in [6.07, 6.45) is 1.50. The van der Waals surface area contributed by atoms with Gasteiger partial charge in [-0.15, -0.1) is 0 Å². The molecule has 0 aromatic carbocycles. The largest absolute Gasteiger partial charge is 0.252 e. The first-order valence-electron chi connectivity index (χ1n) is 3.49. The predicted molar refractivity (Wildman–Crippen MR) is 50.7 cm³/mol. The predicted octanol–water partition coefficient (Wildman–Crippen LogP) is -0.178. The van der Waals surface area contributed by atoms with Crippen molar-refractivity contribution in [3.05, 3.63) is 0 Å². The summed E-state index contributed by atoms with van der Waals surface area (Å²) in [5, 5.41) is 5.02. The van der Waals surface area contributed by atoms with Gasteiger partial charge in [0.15, 0.2) is 9.84 Å². The summed E-state index contributed by atoms with van der Waals surface area (Å²) in [5.74, 6) is 0.222. The van der Waals surface area contributed by atoms with E-state index >= 15 is 0 Å². The highest BCUT2D eigenvalue weighted by Crippen LogP contribution is 2.19. The molecule has 0 fully saturated rings. The second-order valence-corrected chi connectivity index (χ2v) is 7.19. The van der Waals surface area contributed by atoms with Crippen LogP contribution in [0, 0.1) is 0 Å². The van der Waals surface area contributed by atoms with Crippen LogP contribution in [0.2, 0.25) is 0 Å². The van der Waals surface area contributed by atoms with E-state index < -0.39 is 25.6 Å². The first kappa shape index (κ1) is 12.1. The first-order chi connectivity index (χ1) is 5.17. The Labute approximate surface area is 76.0 Å². The third kappa shape index (κ3) is 3.64. The molecule has 0 rings (SSSR count). The van der Waals surface area contributed by atoms with Crippen molar-refractivity contribution in [3.63, 3.8) is 0 Å². The first-order valence-corrected chi connectivity index (χ1v) is 6.76. The van der Waals surface area contributed by atoms with Crippen LogP contribution >= 0.6 is 0 Å². The third-order valence-corrected chi connectivity index (χ3v) is 4.73. The quantitative estimate of drug-likeness (QED) is 0.704. The molecule has 0 radical (unpaired) electrons. The van der Waals surface area contributed by atoms with Crippen LogP contribution in [0.3, 0.4) is 0 Å². The standard InChI is InChI=1S/C6H15NO3S2/c1-6(2,12(3,9)10)4-5-11(7)8/h4-5,7H2,1-3H3. The molecule has 0 aromatic heterocycles. The molecule has 0 saturated carbocycles. The van der Waals surface area contributed by atoms with Gasteiger partial charge < -0.3 is 0 Å². The maximum Gasteiger partial charge on any atom is 0.152 e. The van der Waals surface area contributed by atoms with E-state index in [9.17, 15) is 12.6 Å². The van der Waals surface area contributed by atoms with Gasteiger partial charge in [-0.25, -0.2) is 12.6 Å². The Morgan fingerprint density at radius 1 is 1.42 bits per heavy atom. The molecule has 4 nitrogen and oxygen atoms in total. The number of sulfone groups is 1. The van der Waals surface area contributed by atoms with Crippen LogP contribution in [0.25, 0.3) is 0 Å². The lowest BCUT2D eigenvalue weighted by Gasteiger charge is -2.21. The van der Waals surface area contributed by atoms with E-state index in [1.165, 1.54) is 6.26 Å². The molecule has 0 bridgehead atoms. The van der Waals surface area contributed by atoms with Gasteiger partial charge in [0.2, 0.25) is 0 Å². The Hall–Kier alpha value is 0.0600. The van der Waals surface area contributed by atoms with E-state index in [2.05, 4.69) is 0 Å². The normalized spacial score (nSPS) is 16.0. The van der Waals surface area contributed by atoms with Crippen LogP contribution < -0.4 is 5.14 Å². The second-order valence-electron chi connectivity index (χ2n) is 3.37. The zero-order valence-electron chi connectivity index (χ0n) is 7.53. The van der Waals surface area contributed by atoms with Gasteiger partial charge in [-0.2, -0.15) is 0 Å². The minimum atomic E-state index is -3.09. The fourth-order valence-corrected chi connectivity index (χ4v) is 1.85. The molecule has 0 heterocycles. The molecule has 12 heavy (non-hydrogen) atoms. The highest BCUT2D eigenvalue weighted by atomic mass is 32.2. The van der Waals surface area contributed by atoms with Crippen LogP contribution in [0.5, 0.6) is 0 Å². The number of hydrogen-bond donors (Lipinski definition) is 1. The molecule has 2 N–H and O–H groups in total. The Bertz CT molecular complexity index is 269. The van der Waals surface area contributed by atoms with Gasteiger partial charge in [0, 0.05) is 12.0 Å². The molecule has 0 saturated heterocycles. The smallest absolute Gasteiger partial charge is 0.152 e. The molecule has 6 heteroatoms. The van der Waals surface area contributed by atoms with Crippen molar-refractivity contribution in [3.8, 4) is 0 Å². The van der Waals surface area contributed by atoms with Crippen LogP contribution in [-0.2, 0) is 20.8 Å². The molecule has 0 aliphatic rings. The fraction of sp³-hybridized carbons (Fsp3) is 1.00. The summed E-state index contributed by atoms with van der Waals surface area (Å²) in [6, 6.07) is 0. The van der Waals surface area contributed by atoms with Crippen molar-refractivity contribution in [1.82, 2.24) is 0 Å². The Morgan fingerprint density at radius 2 is 1.83 bits per heavy atom. The minimum Gasteiger partial charge on any atom is -0.252 e. The number of nitrogens with two attached hydrogens (primary N) is 1. The van der Waals surface area contributed by atoms with Gasteiger partial charge in [0.05, 0.1) is 15.7 Å². The maximum atomic E-state index is 11.1. The molecule has 0 aliphatic carbocycles. The SMILES string of the molecule is CC(C)(CCS(N)=O)S(C)(=O)=O. The van der Waals surface area contributed by atoms with Crippen molar-refractivity contribution in [2.45, 2.75) is 25.0 Å². The van der Waals surface area contributed by atoms with Crippen LogP contribution in [0.4, 0.5) is 0 Å². The van der Waals surface area contributed by atoms with Gasteiger partial charge in [-0.1, -0.05) is 0 Å². The van der Waals surface area contributed by atoms with Gasteiger partial charge in [-0.05, 0) is 20.3 Å². The van der Waals surface area contributed by atoms with Crippen LogP contribution in [-0.4, -0.2) is 29.4 Å². The lowest BCUT2D eigenvalue weighted by atomic mass is 10.1. The lowest BCUT2D eigenvalue weighted by molar-refractivity contribution is 0.545. The highest BCUT2D eigenvalue weighted by molar-refractivity contribution is 7.92. The molecule has 0 amide bonds. The van der Waals surface area contributed by atoms with E-state index in [0.717, 1.165) is 0 Å². The summed E-state index contributed by atoms with van der Waals surface area (Å²) in [4.78, 5) is 0. The monoisotopic (exact) mass is 213 g/mol. The van der Waals surface area contributed by atoms with E-state index in [-0.39, 0.29) is 5.75 Å². The fourth-order valence-electron chi connectivity index (χ4n) is 0.532. The van der Waals surface area contributed by atoms with Gasteiger partial charge in [-0.3, -0.25) is 5.14 Å². The van der Waals surface area contributed by atoms with E-state index in [1.807, 2.05) is 0 Å². The second kappa shape index (κ2) is 3.85. The summed E-state index contributed by atoms with van der Waals surface area (Å²) in [7, 11) is -4.50. The average Bonchev–Trinajstić information content (AvgIpc) is 1.81. The van der Waals surface area contributed by atoms with Crippen molar-refractivity contribution in [2.24, 2.45) is 5.14 Å². The van der Waals surface area contributed by atoms with E-state index in [1.54, 1.807) is 13.8 Å². The molecule has 1 unspecified atom stereocenters. The molecule has 0 aliphatic heterocycles. The topological polar surface area (TPSA) is 77.2 Å². The zero-order valence-corrected chi connectivity index (χ0v) is 9.17. The van der Waals surface area contributed by atoms with Crippen molar-refractivity contribution < 1.29 is 12.6 Å². The Balaban J connectivity index is 4.35. The van der Waals surface area contributed by atoms with E-state index in [0.29, 0.717) is 6.42 Å². The summed E-state index contributed by atoms with van der Waals surface area (Å²) in [6.45, 7) is 3.21. The summed E-state index contributed by atoms with van der Waals surface area (Å²) in [5.41, 5.74) is 0. The van der Waals surface area contributed by atoms with Gasteiger partial charge in [0.1, 0.15) is 0 Å². The summed E-state index contributed by atoms with van der Waals surface area (Å²) >= 11 is 0.